The van der Waals surface area contributed by atoms with E-state index in [4.69, 9.17) is 0 Å². The van der Waals surface area contributed by atoms with Crippen LogP contribution in [0, 0.1) is 0 Å². The Bertz CT molecular complexity index is 1010. The Hall–Kier alpha value is -2.99. The minimum Gasteiger partial charge on any atom is -0.357 e. The molecule has 0 aliphatic heterocycles. The molecule has 30 heavy (non-hydrogen) atoms. The molecular formula is C24H31N5O. The summed E-state index contributed by atoms with van der Waals surface area (Å²) in [5.41, 5.74) is 4.29. The molecule has 6 heteroatoms. The molecule has 158 valence electrons. The second-order valence-corrected chi connectivity index (χ2v) is 7.79. The van der Waals surface area contributed by atoms with Crippen molar-refractivity contribution in [2.24, 2.45) is 0 Å². The summed E-state index contributed by atoms with van der Waals surface area (Å²) in [6.45, 7) is 7.07. The number of carbonyl (C=O) groups excluding carboxylic acids is 1. The highest BCUT2D eigenvalue weighted by molar-refractivity contribution is 5.93. The first kappa shape index (κ1) is 21.7. The van der Waals surface area contributed by atoms with Crippen molar-refractivity contribution in [1.29, 1.82) is 0 Å². The van der Waals surface area contributed by atoms with Crippen molar-refractivity contribution in [3.05, 3.63) is 54.4 Å². The van der Waals surface area contributed by atoms with Gasteiger partial charge in [0.05, 0.1) is 12.1 Å². The van der Waals surface area contributed by atoms with Gasteiger partial charge in [-0.1, -0.05) is 24.3 Å². The maximum Gasteiger partial charge on any atom is 0.236 e. The molecule has 1 heterocycles. The van der Waals surface area contributed by atoms with Gasteiger partial charge < -0.3 is 14.7 Å². The van der Waals surface area contributed by atoms with Crippen LogP contribution in [-0.4, -0.2) is 66.5 Å². The van der Waals surface area contributed by atoms with Gasteiger partial charge in [-0.3, -0.25) is 4.79 Å². The molecule has 1 aromatic heterocycles. The summed E-state index contributed by atoms with van der Waals surface area (Å²) in [6, 6.07) is 14.7. The number of nitrogens with zero attached hydrogens (tertiary/aromatic N) is 5. The topological polar surface area (TPSA) is 52.6 Å². The van der Waals surface area contributed by atoms with Crippen LogP contribution in [0.5, 0.6) is 0 Å². The first-order valence-electron chi connectivity index (χ1n) is 10.4. The predicted molar refractivity (Wildman–Crippen MR) is 124 cm³/mol. The number of fused-ring (bicyclic) bond motifs is 1. The fourth-order valence-electron chi connectivity index (χ4n) is 3.60. The lowest BCUT2D eigenvalue weighted by Crippen LogP contribution is -2.34. The van der Waals surface area contributed by atoms with E-state index in [2.05, 4.69) is 65.1 Å². The highest BCUT2D eigenvalue weighted by Crippen LogP contribution is 2.29. The first-order chi connectivity index (χ1) is 14.4. The number of amides is 1. The van der Waals surface area contributed by atoms with E-state index in [9.17, 15) is 4.79 Å². The molecule has 0 atom stereocenters. The molecule has 0 aliphatic rings. The Morgan fingerprint density at radius 3 is 2.37 bits per heavy atom. The van der Waals surface area contributed by atoms with E-state index in [1.807, 2.05) is 32.1 Å². The highest BCUT2D eigenvalue weighted by atomic mass is 16.2. The van der Waals surface area contributed by atoms with E-state index in [0.29, 0.717) is 13.1 Å². The Labute approximate surface area is 179 Å². The molecule has 0 radical (unpaired) electrons. The van der Waals surface area contributed by atoms with Gasteiger partial charge in [0.2, 0.25) is 5.91 Å². The minimum atomic E-state index is 0.108. The summed E-state index contributed by atoms with van der Waals surface area (Å²) < 4.78 is 0. The van der Waals surface area contributed by atoms with Crippen LogP contribution in [0.1, 0.15) is 19.4 Å². The zero-order valence-electron chi connectivity index (χ0n) is 18.6. The number of aromatic nitrogens is 2. The van der Waals surface area contributed by atoms with E-state index in [1.54, 1.807) is 11.2 Å². The van der Waals surface area contributed by atoms with Gasteiger partial charge in [-0.15, -0.1) is 0 Å². The number of rotatable bonds is 8. The number of hydrogen-bond acceptors (Lipinski definition) is 5. The van der Waals surface area contributed by atoms with E-state index >= 15 is 0 Å². The summed E-state index contributed by atoms with van der Waals surface area (Å²) >= 11 is 0. The van der Waals surface area contributed by atoms with Crippen molar-refractivity contribution >= 4 is 22.6 Å². The third kappa shape index (κ3) is 4.94. The minimum absolute atomic E-state index is 0.108. The highest BCUT2D eigenvalue weighted by Gasteiger charge is 2.13. The number of anilines is 1. The second kappa shape index (κ2) is 9.67. The number of carbonyl (C=O) groups is 1. The monoisotopic (exact) mass is 405 g/mol. The van der Waals surface area contributed by atoms with Gasteiger partial charge in [0.1, 0.15) is 12.1 Å². The smallest absolute Gasteiger partial charge is 0.236 e. The normalized spacial score (nSPS) is 11.1. The third-order valence-electron chi connectivity index (χ3n) is 5.23. The summed E-state index contributed by atoms with van der Waals surface area (Å²) in [5, 5.41) is 1.06. The quantitative estimate of drug-likeness (QED) is 0.572. The first-order valence-corrected chi connectivity index (χ1v) is 10.4. The molecule has 0 saturated heterocycles. The van der Waals surface area contributed by atoms with Crippen LogP contribution < -0.4 is 4.90 Å². The van der Waals surface area contributed by atoms with Gasteiger partial charge in [0.25, 0.3) is 0 Å². The zero-order valence-corrected chi connectivity index (χ0v) is 18.6. The molecule has 3 rings (SSSR count). The molecule has 2 aromatic carbocycles. The van der Waals surface area contributed by atoms with Crippen molar-refractivity contribution in [3.8, 4) is 11.1 Å². The molecule has 0 spiro atoms. The molecule has 0 unspecified atom stereocenters. The Kier molecular flexibility index (Phi) is 7.00. The molecule has 3 aromatic rings. The predicted octanol–water partition coefficient (Wildman–Crippen LogP) is 3.66. The Morgan fingerprint density at radius 2 is 1.67 bits per heavy atom. The van der Waals surface area contributed by atoms with Gasteiger partial charge in [-0.2, -0.15) is 0 Å². The SMILES string of the molecule is CCN(CC)c1ncnc2ccc(-c3cccc(CN(C)C(=O)CN(C)C)c3)cc12. The lowest BCUT2D eigenvalue weighted by Gasteiger charge is -2.21. The number of hydrogen-bond donors (Lipinski definition) is 0. The summed E-state index contributed by atoms with van der Waals surface area (Å²) in [4.78, 5) is 27.2. The van der Waals surface area contributed by atoms with E-state index in [-0.39, 0.29) is 5.91 Å². The van der Waals surface area contributed by atoms with E-state index in [0.717, 1.165) is 46.5 Å². The summed E-state index contributed by atoms with van der Waals surface area (Å²) in [7, 11) is 5.66. The molecule has 0 bridgehead atoms. The lowest BCUT2D eigenvalue weighted by atomic mass is 10.0. The summed E-state index contributed by atoms with van der Waals surface area (Å²) in [5.74, 6) is 1.08. The molecule has 0 fully saturated rings. The van der Waals surface area contributed by atoms with Crippen molar-refractivity contribution in [2.45, 2.75) is 20.4 Å². The van der Waals surface area contributed by atoms with Gasteiger partial charge in [0.15, 0.2) is 0 Å². The van der Waals surface area contributed by atoms with Crippen molar-refractivity contribution in [1.82, 2.24) is 19.8 Å². The fraction of sp³-hybridized carbons (Fsp3) is 0.375. The summed E-state index contributed by atoms with van der Waals surface area (Å²) in [6.07, 6.45) is 1.64. The molecule has 0 N–H and O–H groups in total. The number of likely N-dealkylation sites (N-methyl/N-ethyl adjacent to an activating group) is 2. The standard InChI is InChI=1S/C24H31N5O/c1-6-29(7-2)24-21-14-20(11-12-22(21)25-17-26-24)19-10-8-9-18(13-19)15-28(5)23(30)16-27(3)4/h8-14,17H,6-7,15-16H2,1-5H3. The molecule has 1 amide bonds. The van der Waals surface area contributed by atoms with Gasteiger partial charge in [0, 0.05) is 32.1 Å². The average Bonchev–Trinajstić information content (AvgIpc) is 2.74. The number of benzene rings is 2. The van der Waals surface area contributed by atoms with Crippen LogP contribution in [-0.2, 0) is 11.3 Å². The largest absolute Gasteiger partial charge is 0.357 e. The Balaban J connectivity index is 1.92. The van der Waals surface area contributed by atoms with Crippen molar-refractivity contribution in [2.75, 3.05) is 45.7 Å². The molecular weight excluding hydrogens is 374 g/mol. The maximum atomic E-state index is 12.3. The third-order valence-corrected chi connectivity index (χ3v) is 5.23. The fourth-order valence-corrected chi connectivity index (χ4v) is 3.60. The van der Waals surface area contributed by atoms with Crippen LogP contribution in [0.2, 0.25) is 0 Å². The van der Waals surface area contributed by atoms with Gasteiger partial charge in [-0.05, 0) is 62.8 Å². The van der Waals surface area contributed by atoms with Crippen LogP contribution in [0.15, 0.2) is 48.8 Å². The molecule has 0 saturated carbocycles. The molecule has 0 aliphatic carbocycles. The van der Waals surface area contributed by atoms with Gasteiger partial charge in [-0.25, -0.2) is 9.97 Å². The van der Waals surface area contributed by atoms with Crippen molar-refractivity contribution < 1.29 is 4.79 Å². The van der Waals surface area contributed by atoms with Crippen molar-refractivity contribution in [3.63, 3.8) is 0 Å². The zero-order chi connectivity index (χ0) is 21.7. The van der Waals surface area contributed by atoms with Crippen LogP contribution in [0.3, 0.4) is 0 Å². The second-order valence-electron chi connectivity index (χ2n) is 7.79. The lowest BCUT2D eigenvalue weighted by molar-refractivity contribution is -0.131. The maximum absolute atomic E-state index is 12.3. The Morgan fingerprint density at radius 1 is 0.933 bits per heavy atom. The van der Waals surface area contributed by atoms with Gasteiger partial charge >= 0.3 is 0 Å². The van der Waals surface area contributed by atoms with Crippen LogP contribution in [0.4, 0.5) is 5.82 Å². The van der Waals surface area contributed by atoms with E-state index in [1.165, 1.54) is 0 Å². The average molecular weight is 406 g/mol. The van der Waals surface area contributed by atoms with Crippen LogP contribution >= 0.6 is 0 Å². The van der Waals surface area contributed by atoms with Crippen LogP contribution in [0.25, 0.3) is 22.0 Å². The van der Waals surface area contributed by atoms with E-state index < -0.39 is 0 Å². The molecule has 6 nitrogen and oxygen atoms in total.